The Bertz CT molecular complexity index is 1270. The number of carbonyl (C=O) groups is 2. The van der Waals surface area contributed by atoms with Crippen LogP contribution < -0.4 is 10.2 Å². The van der Waals surface area contributed by atoms with E-state index in [1.54, 1.807) is 36.4 Å². The van der Waals surface area contributed by atoms with Gasteiger partial charge >= 0.3 is 0 Å². The van der Waals surface area contributed by atoms with Crippen LogP contribution in [0.5, 0.6) is 0 Å². The summed E-state index contributed by atoms with van der Waals surface area (Å²) in [4.78, 5) is 28.0. The number of para-hydroxylation sites is 1. The smallest absolute Gasteiger partial charge is 0.269 e. The second-order valence-corrected chi connectivity index (χ2v) is 9.67. The van der Waals surface area contributed by atoms with Gasteiger partial charge in [0, 0.05) is 15.8 Å². The second-order valence-electron chi connectivity index (χ2n) is 7.56. The molecule has 5 nitrogen and oxygen atoms in total. The lowest BCUT2D eigenvalue weighted by Gasteiger charge is -2.18. The Morgan fingerprint density at radius 1 is 1.09 bits per heavy atom. The average molecular weight is 518 g/mol. The van der Waals surface area contributed by atoms with E-state index in [0.29, 0.717) is 22.8 Å². The maximum atomic E-state index is 13.5. The fraction of sp³-hybridized carbons (Fsp3) is 0.115. The Kier molecular flexibility index (Phi) is 6.97. The van der Waals surface area contributed by atoms with E-state index in [9.17, 15) is 14.9 Å². The standard InChI is InChI=1S/C26H20BrN3O2S/c1-17-6-5-7-18(14-17)15-23-25(32)30(21-8-3-2-4-9-21)26(33-23)22(16-28)24(31)29-20-12-10-19(27)11-13-20/h2-14,23H,15H2,1H3,(H,29,31)/b26-22-/t23-/m1/s1. The van der Waals surface area contributed by atoms with Crippen LogP contribution in [-0.4, -0.2) is 17.1 Å². The highest BCUT2D eigenvalue weighted by Gasteiger charge is 2.40. The van der Waals surface area contributed by atoms with Gasteiger partial charge in [-0.25, -0.2) is 0 Å². The number of carbonyl (C=O) groups excluding carboxylic acids is 2. The quantitative estimate of drug-likeness (QED) is 0.341. The van der Waals surface area contributed by atoms with Crippen LogP contribution in [0.2, 0.25) is 0 Å². The third-order valence-electron chi connectivity index (χ3n) is 5.13. The number of amides is 2. The van der Waals surface area contributed by atoms with Crippen LogP contribution in [0.4, 0.5) is 11.4 Å². The summed E-state index contributed by atoms with van der Waals surface area (Å²) in [7, 11) is 0. The van der Waals surface area contributed by atoms with E-state index in [-0.39, 0.29) is 11.5 Å². The van der Waals surface area contributed by atoms with Gasteiger partial charge in [0.05, 0.1) is 5.25 Å². The molecule has 0 aromatic heterocycles. The van der Waals surface area contributed by atoms with Crippen LogP contribution in [0.1, 0.15) is 11.1 Å². The molecule has 1 aliphatic rings. The number of nitrogens with one attached hydrogen (secondary N) is 1. The summed E-state index contributed by atoms with van der Waals surface area (Å²) in [6.07, 6.45) is 0.505. The van der Waals surface area contributed by atoms with Gasteiger partial charge in [0.25, 0.3) is 5.91 Å². The largest absolute Gasteiger partial charge is 0.321 e. The fourth-order valence-electron chi connectivity index (χ4n) is 3.58. The number of thioether (sulfide) groups is 1. The van der Waals surface area contributed by atoms with Crippen molar-refractivity contribution in [3.05, 3.63) is 105 Å². The highest BCUT2D eigenvalue weighted by molar-refractivity contribution is 9.10. The molecule has 3 aromatic carbocycles. The van der Waals surface area contributed by atoms with Gasteiger partial charge in [-0.3, -0.25) is 14.5 Å². The van der Waals surface area contributed by atoms with E-state index in [0.717, 1.165) is 15.6 Å². The molecule has 164 valence electrons. The van der Waals surface area contributed by atoms with Crippen LogP contribution in [0.15, 0.2) is 93.9 Å². The van der Waals surface area contributed by atoms with Gasteiger partial charge in [-0.05, 0) is 55.3 Å². The number of nitrogens with zero attached hydrogens (tertiary/aromatic N) is 2. The number of aryl methyl sites for hydroxylation is 1. The molecule has 1 atom stereocenters. The van der Waals surface area contributed by atoms with E-state index in [1.807, 2.05) is 55.5 Å². The van der Waals surface area contributed by atoms with E-state index in [2.05, 4.69) is 21.2 Å². The summed E-state index contributed by atoms with van der Waals surface area (Å²) in [6.45, 7) is 2.01. The minimum absolute atomic E-state index is 0.0909. The molecule has 4 rings (SSSR count). The minimum Gasteiger partial charge on any atom is -0.321 e. The Hall–Kier alpha value is -3.34. The lowest BCUT2D eigenvalue weighted by atomic mass is 10.1. The van der Waals surface area contributed by atoms with Crippen molar-refractivity contribution >= 4 is 50.9 Å². The maximum absolute atomic E-state index is 13.5. The van der Waals surface area contributed by atoms with Crippen LogP contribution in [0, 0.1) is 18.3 Å². The first-order chi connectivity index (χ1) is 16.0. The average Bonchev–Trinajstić information content (AvgIpc) is 3.12. The Morgan fingerprint density at radius 2 is 1.82 bits per heavy atom. The van der Waals surface area contributed by atoms with Gasteiger partial charge in [-0.2, -0.15) is 5.26 Å². The van der Waals surface area contributed by atoms with Crippen LogP contribution in [0.3, 0.4) is 0 Å². The lowest BCUT2D eigenvalue weighted by Crippen LogP contribution is -2.30. The summed E-state index contributed by atoms with van der Waals surface area (Å²) < 4.78 is 0.880. The molecular weight excluding hydrogens is 498 g/mol. The zero-order chi connectivity index (χ0) is 23.4. The number of benzene rings is 3. The van der Waals surface area contributed by atoms with Crippen molar-refractivity contribution in [3.8, 4) is 6.07 Å². The molecule has 0 bridgehead atoms. The van der Waals surface area contributed by atoms with E-state index in [4.69, 9.17) is 0 Å². The minimum atomic E-state index is -0.549. The molecule has 7 heteroatoms. The molecule has 0 radical (unpaired) electrons. The third-order valence-corrected chi connectivity index (χ3v) is 6.92. The summed E-state index contributed by atoms with van der Waals surface area (Å²) >= 11 is 4.63. The Balaban J connectivity index is 1.71. The number of hydrogen-bond donors (Lipinski definition) is 1. The summed E-state index contributed by atoms with van der Waals surface area (Å²) in [5.74, 6) is -0.695. The second kappa shape index (κ2) is 10.1. The highest BCUT2D eigenvalue weighted by Crippen LogP contribution is 2.42. The van der Waals surface area contributed by atoms with Crippen molar-refractivity contribution in [1.82, 2.24) is 0 Å². The van der Waals surface area contributed by atoms with Crippen LogP contribution in [-0.2, 0) is 16.0 Å². The first-order valence-corrected chi connectivity index (χ1v) is 12.0. The molecule has 2 amide bonds. The first kappa shape index (κ1) is 22.8. The first-order valence-electron chi connectivity index (χ1n) is 10.3. The van der Waals surface area contributed by atoms with E-state index >= 15 is 0 Å². The molecule has 33 heavy (non-hydrogen) atoms. The van der Waals surface area contributed by atoms with Gasteiger partial charge in [-0.15, -0.1) is 0 Å². The van der Waals surface area contributed by atoms with Crippen molar-refractivity contribution in [1.29, 1.82) is 5.26 Å². The van der Waals surface area contributed by atoms with Crippen LogP contribution >= 0.6 is 27.7 Å². The summed E-state index contributed by atoms with van der Waals surface area (Å²) in [5, 5.41) is 12.6. The molecule has 1 aliphatic heterocycles. The number of halogens is 1. The van der Waals surface area contributed by atoms with Gasteiger partial charge in [0.1, 0.15) is 16.7 Å². The Labute approximate surface area is 205 Å². The zero-order valence-corrected chi connectivity index (χ0v) is 20.2. The number of nitriles is 1. The maximum Gasteiger partial charge on any atom is 0.269 e. The highest BCUT2D eigenvalue weighted by atomic mass is 79.9. The number of rotatable bonds is 5. The van der Waals surface area contributed by atoms with Gasteiger partial charge in [0.15, 0.2) is 0 Å². The van der Waals surface area contributed by atoms with Crippen molar-refractivity contribution < 1.29 is 9.59 Å². The van der Waals surface area contributed by atoms with Gasteiger partial charge in [-0.1, -0.05) is 75.7 Å². The number of hydrogen-bond acceptors (Lipinski definition) is 4. The van der Waals surface area contributed by atoms with Crippen molar-refractivity contribution in [2.75, 3.05) is 10.2 Å². The molecule has 1 saturated heterocycles. The molecule has 0 unspecified atom stereocenters. The fourth-order valence-corrected chi connectivity index (χ4v) is 5.15. The molecule has 0 saturated carbocycles. The normalized spacial score (nSPS) is 16.9. The molecule has 0 aliphatic carbocycles. The zero-order valence-electron chi connectivity index (χ0n) is 17.8. The van der Waals surface area contributed by atoms with Gasteiger partial charge in [0.2, 0.25) is 5.91 Å². The topological polar surface area (TPSA) is 73.2 Å². The van der Waals surface area contributed by atoms with E-state index in [1.165, 1.54) is 16.7 Å². The molecule has 0 spiro atoms. The third kappa shape index (κ3) is 5.19. The van der Waals surface area contributed by atoms with Crippen molar-refractivity contribution in [3.63, 3.8) is 0 Å². The number of anilines is 2. The monoisotopic (exact) mass is 517 g/mol. The molecule has 1 N–H and O–H groups in total. The predicted molar refractivity (Wildman–Crippen MR) is 136 cm³/mol. The van der Waals surface area contributed by atoms with Gasteiger partial charge < -0.3 is 5.32 Å². The molecule has 3 aromatic rings. The van der Waals surface area contributed by atoms with E-state index < -0.39 is 11.2 Å². The predicted octanol–water partition coefficient (Wildman–Crippen LogP) is 5.82. The van der Waals surface area contributed by atoms with Crippen LogP contribution in [0.25, 0.3) is 0 Å². The van der Waals surface area contributed by atoms with Crippen molar-refractivity contribution in [2.24, 2.45) is 0 Å². The Morgan fingerprint density at radius 3 is 2.48 bits per heavy atom. The van der Waals surface area contributed by atoms with Crippen molar-refractivity contribution in [2.45, 2.75) is 18.6 Å². The molecule has 1 fully saturated rings. The SMILES string of the molecule is Cc1cccc(C[C@H]2S/C(=C(/C#N)C(=O)Nc3ccc(Br)cc3)N(c3ccccc3)C2=O)c1. The summed E-state index contributed by atoms with van der Waals surface area (Å²) in [6, 6.07) is 26.2. The lowest BCUT2D eigenvalue weighted by molar-refractivity contribution is -0.117. The molecule has 1 heterocycles. The molecular formula is C26H20BrN3O2S. The summed E-state index contributed by atoms with van der Waals surface area (Å²) in [5.41, 5.74) is 3.25.